The lowest BCUT2D eigenvalue weighted by Gasteiger charge is -2.45. The molecule has 2 saturated heterocycles. The van der Waals surface area contributed by atoms with Crippen LogP contribution < -0.4 is 10.6 Å². The topological polar surface area (TPSA) is 69.1 Å². The van der Waals surface area contributed by atoms with Gasteiger partial charge >= 0.3 is 0 Å². The van der Waals surface area contributed by atoms with E-state index in [1.807, 2.05) is 24.4 Å². The van der Waals surface area contributed by atoms with Crippen LogP contribution in [0.25, 0.3) is 0 Å². The van der Waals surface area contributed by atoms with Crippen molar-refractivity contribution in [3.8, 4) is 0 Å². The van der Waals surface area contributed by atoms with Crippen molar-refractivity contribution in [2.24, 2.45) is 4.99 Å². The molecule has 27 heavy (non-hydrogen) atoms. The summed E-state index contributed by atoms with van der Waals surface area (Å²) >= 11 is 1.57. The first kappa shape index (κ1) is 20.6. The molecular formula is C20H34N4O2S. The lowest BCUT2D eigenvalue weighted by Crippen LogP contribution is -2.58. The van der Waals surface area contributed by atoms with Gasteiger partial charge in [-0.1, -0.05) is 6.07 Å². The number of hydrogen-bond donors (Lipinski definition) is 3. The highest BCUT2D eigenvalue weighted by molar-refractivity contribution is 7.10. The molecule has 1 atom stereocenters. The van der Waals surface area contributed by atoms with Gasteiger partial charge in [-0.05, 0) is 64.1 Å². The first-order chi connectivity index (χ1) is 13.1. The van der Waals surface area contributed by atoms with Crippen molar-refractivity contribution in [3.63, 3.8) is 0 Å². The zero-order valence-electron chi connectivity index (χ0n) is 16.7. The highest BCUT2D eigenvalue weighted by atomic mass is 32.1. The van der Waals surface area contributed by atoms with Gasteiger partial charge in [0.2, 0.25) is 0 Å². The van der Waals surface area contributed by atoms with Crippen molar-refractivity contribution < 1.29 is 9.84 Å². The fourth-order valence-electron chi connectivity index (χ4n) is 4.03. The van der Waals surface area contributed by atoms with Crippen LogP contribution in [0.3, 0.4) is 0 Å². The lowest BCUT2D eigenvalue weighted by molar-refractivity contribution is -0.0164. The van der Waals surface area contributed by atoms with Gasteiger partial charge < -0.3 is 20.5 Å². The molecule has 2 aliphatic rings. The number of hydrogen-bond acceptors (Lipinski definition) is 5. The number of nitrogens with one attached hydrogen (secondary N) is 2. The van der Waals surface area contributed by atoms with Crippen molar-refractivity contribution >= 4 is 17.3 Å². The number of likely N-dealkylation sites (tertiary alicyclic amines) is 1. The average Bonchev–Trinajstić information content (AvgIpc) is 3.39. The maximum absolute atomic E-state index is 10.8. The predicted molar refractivity (Wildman–Crippen MR) is 111 cm³/mol. The van der Waals surface area contributed by atoms with E-state index in [-0.39, 0.29) is 5.54 Å². The van der Waals surface area contributed by atoms with Crippen LogP contribution in [0.15, 0.2) is 22.5 Å². The molecule has 0 amide bonds. The van der Waals surface area contributed by atoms with E-state index in [4.69, 9.17) is 4.74 Å². The van der Waals surface area contributed by atoms with Crippen molar-refractivity contribution in [2.75, 3.05) is 45.9 Å². The summed E-state index contributed by atoms with van der Waals surface area (Å²) in [6, 6.07) is 3.93. The summed E-state index contributed by atoms with van der Waals surface area (Å²) in [6.45, 7) is 9.93. The van der Waals surface area contributed by atoms with Gasteiger partial charge in [0.05, 0.1) is 6.54 Å². The summed E-state index contributed by atoms with van der Waals surface area (Å²) in [5.74, 6) is 0.777. The van der Waals surface area contributed by atoms with Gasteiger partial charge in [-0.15, -0.1) is 11.3 Å². The van der Waals surface area contributed by atoms with Gasteiger partial charge in [0, 0.05) is 36.7 Å². The first-order valence-corrected chi connectivity index (χ1v) is 11.1. The van der Waals surface area contributed by atoms with Crippen LogP contribution in [-0.4, -0.2) is 67.4 Å². The zero-order valence-corrected chi connectivity index (χ0v) is 17.5. The molecule has 6 nitrogen and oxygen atoms in total. The number of guanidine groups is 1. The molecular weight excluding hydrogens is 360 g/mol. The van der Waals surface area contributed by atoms with Crippen molar-refractivity contribution in [1.29, 1.82) is 0 Å². The van der Waals surface area contributed by atoms with E-state index >= 15 is 0 Å². The predicted octanol–water partition coefficient (Wildman–Crippen LogP) is 2.16. The Morgan fingerprint density at radius 3 is 2.70 bits per heavy atom. The Labute approximate surface area is 167 Å². The lowest BCUT2D eigenvalue weighted by atomic mass is 9.88. The molecule has 0 aliphatic carbocycles. The number of aliphatic imine (C=N–C) groups is 1. The van der Waals surface area contributed by atoms with E-state index in [0.717, 1.165) is 50.0 Å². The van der Waals surface area contributed by atoms with Crippen LogP contribution in [-0.2, 0) is 10.3 Å². The molecule has 0 bridgehead atoms. The third kappa shape index (κ3) is 5.22. The monoisotopic (exact) mass is 394 g/mol. The van der Waals surface area contributed by atoms with E-state index in [9.17, 15) is 5.11 Å². The quantitative estimate of drug-likeness (QED) is 0.488. The van der Waals surface area contributed by atoms with Crippen molar-refractivity contribution in [1.82, 2.24) is 15.5 Å². The Hall–Kier alpha value is -1.15. The van der Waals surface area contributed by atoms with Crippen molar-refractivity contribution in [3.05, 3.63) is 22.4 Å². The maximum atomic E-state index is 10.8. The van der Waals surface area contributed by atoms with Gasteiger partial charge in [-0.3, -0.25) is 4.90 Å². The third-order valence-electron chi connectivity index (χ3n) is 5.73. The van der Waals surface area contributed by atoms with Crippen LogP contribution in [0.4, 0.5) is 0 Å². The van der Waals surface area contributed by atoms with Crippen LogP contribution in [0.2, 0.25) is 0 Å². The highest BCUT2D eigenvalue weighted by Crippen LogP contribution is 2.31. The third-order valence-corrected chi connectivity index (χ3v) is 6.85. The summed E-state index contributed by atoms with van der Waals surface area (Å²) in [5.41, 5.74) is -0.789. The normalized spacial score (nSPS) is 23.1. The molecule has 0 saturated carbocycles. The fourth-order valence-corrected chi connectivity index (χ4v) is 4.81. The second-order valence-electron chi connectivity index (χ2n) is 7.83. The van der Waals surface area contributed by atoms with E-state index in [1.165, 1.54) is 25.9 Å². The second kappa shape index (κ2) is 9.37. The SMILES string of the molecule is CCNC(=NCC(C)(O)c1cccs1)NCC1(N2CCCC2)CCOCC1. The Bertz CT molecular complexity index is 591. The minimum Gasteiger partial charge on any atom is -0.383 e. The number of rotatable bonds is 7. The summed E-state index contributed by atoms with van der Waals surface area (Å²) in [6.07, 6.45) is 4.71. The Morgan fingerprint density at radius 1 is 1.33 bits per heavy atom. The minimum absolute atomic E-state index is 0.154. The Kier molecular flexibility index (Phi) is 7.14. The number of thiophene rings is 1. The molecule has 3 N–H and O–H groups in total. The maximum Gasteiger partial charge on any atom is 0.191 e. The number of aliphatic hydroxyl groups is 1. The van der Waals surface area contributed by atoms with Gasteiger partial charge in [0.25, 0.3) is 0 Å². The van der Waals surface area contributed by atoms with Gasteiger partial charge in [-0.2, -0.15) is 0 Å². The standard InChI is InChI=1S/C20H34N4O2S/c1-3-21-18(22-15-19(2,25)17-7-6-14-27-17)23-16-20(8-12-26-13-9-20)24-10-4-5-11-24/h6-7,14,25H,3-5,8-13,15-16H2,1-2H3,(H2,21,22,23). The molecule has 1 aromatic rings. The molecule has 3 heterocycles. The summed E-state index contributed by atoms with van der Waals surface area (Å²) in [5, 5.41) is 19.6. The van der Waals surface area contributed by atoms with Crippen LogP contribution in [0, 0.1) is 0 Å². The molecule has 1 aromatic heterocycles. The highest BCUT2D eigenvalue weighted by Gasteiger charge is 2.39. The average molecular weight is 395 g/mol. The number of ether oxygens (including phenoxy) is 1. The Balaban J connectivity index is 1.65. The van der Waals surface area contributed by atoms with Gasteiger partial charge in [-0.25, -0.2) is 4.99 Å². The molecule has 0 spiro atoms. The van der Waals surface area contributed by atoms with E-state index in [0.29, 0.717) is 6.54 Å². The summed E-state index contributed by atoms with van der Waals surface area (Å²) in [7, 11) is 0. The number of nitrogens with zero attached hydrogens (tertiary/aromatic N) is 2. The first-order valence-electron chi connectivity index (χ1n) is 10.2. The fraction of sp³-hybridized carbons (Fsp3) is 0.750. The van der Waals surface area contributed by atoms with E-state index in [1.54, 1.807) is 11.3 Å². The van der Waals surface area contributed by atoms with Crippen molar-refractivity contribution in [2.45, 2.75) is 50.7 Å². The van der Waals surface area contributed by atoms with Gasteiger partial charge in [0.1, 0.15) is 5.60 Å². The molecule has 1 unspecified atom stereocenters. The molecule has 152 valence electrons. The molecule has 7 heteroatoms. The largest absolute Gasteiger partial charge is 0.383 e. The summed E-state index contributed by atoms with van der Waals surface area (Å²) < 4.78 is 5.64. The molecule has 2 fully saturated rings. The molecule has 3 rings (SSSR count). The van der Waals surface area contributed by atoms with E-state index in [2.05, 4.69) is 27.4 Å². The molecule has 0 aromatic carbocycles. The minimum atomic E-state index is -0.943. The second-order valence-corrected chi connectivity index (χ2v) is 8.78. The Morgan fingerprint density at radius 2 is 2.07 bits per heavy atom. The molecule has 0 radical (unpaired) electrons. The summed E-state index contributed by atoms with van der Waals surface area (Å²) in [4.78, 5) is 8.28. The van der Waals surface area contributed by atoms with E-state index < -0.39 is 5.60 Å². The smallest absolute Gasteiger partial charge is 0.191 e. The van der Waals surface area contributed by atoms with Gasteiger partial charge in [0.15, 0.2) is 5.96 Å². The van der Waals surface area contributed by atoms with Crippen LogP contribution in [0.5, 0.6) is 0 Å². The van der Waals surface area contributed by atoms with Crippen LogP contribution >= 0.6 is 11.3 Å². The van der Waals surface area contributed by atoms with Crippen LogP contribution in [0.1, 0.15) is 44.4 Å². The molecule has 2 aliphatic heterocycles. The zero-order chi connectivity index (χ0) is 19.2.